The summed E-state index contributed by atoms with van der Waals surface area (Å²) < 4.78 is 20.1. The summed E-state index contributed by atoms with van der Waals surface area (Å²) in [7, 11) is 0. The van der Waals surface area contributed by atoms with Gasteiger partial charge in [-0.1, -0.05) is 92.7 Å². The molecule has 2 fully saturated rings. The number of allylic oxidation sites excluding steroid dienone is 4. The molecule has 2 unspecified atom stereocenters. The van der Waals surface area contributed by atoms with Crippen molar-refractivity contribution in [2.75, 3.05) is 0 Å². The highest BCUT2D eigenvalue weighted by atomic mass is 16.7. The van der Waals surface area contributed by atoms with Gasteiger partial charge < -0.3 is 34.6 Å². The van der Waals surface area contributed by atoms with E-state index in [0.29, 0.717) is 25.7 Å². The van der Waals surface area contributed by atoms with Crippen LogP contribution in [0.4, 0.5) is 0 Å². The minimum atomic E-state index is -1.74. The first-order valence-corrected chi connectivity index (χ1v) is 21.6. The number of ketones is 2. The Balaban J connectivity index is 2.00. The Bertz CT molecular complexity index is 1370. The van der Waals surface area contributed by atoms with Gasteiger partial charge in [0.25, 0.3) is 0 Å². The number of ether oxygens (including phenoxy) is 3. The van der Waals surface area contributed by atoms with Crippen molar-refractivity contribution < 1.29 is 49.0 Å². The molecule has 3 rings (SSSR count). The highest BCUT2D eigenvalue weighted by molar-refractivity contribution is 5.91. The molecule has 10 heteroatoms. The standard InChI is InChI=1S/C46H76O10/c1-12-35-19-16-14-15-18-27(3)34(10)45(11,53)44(52)33(9)42(51)32(8)41(50)31(7)40(49)28(4)21-24-39(48)54-43-30(6)38(23-22-35)56-46(37(43)13-2)25-17-20-36(55-46)26-29(5)47/h14-16,19,21,24,27-38,40,42-43,47,49,51,53H,12-13,17-18,20,22-23,25-26H2,1-11H3/b15-14+,19-16+,24-21+/t27-,28+,29-,30-,31+,32+,33+,34+,35+,36-,37+,38?,40-,42-,43?,45-,46-/m0/s1. The number of esters is 1. The number of Topliss-reactive ketones (excluding diaryl/α,β-unsaturated/α-hetero) is 2. The predicted octanol–water partition coefficient (Wildman–Crippen LogP) is 7.30. The smallest absolute Gasteiger partial charge is 0.330 e. The fourth-order valence-electron chi connectivity index (χ4n) is 9.38. The van der Waals surface area contributed by atoms with Crippen molar-refractivity contribution in [1.29, 1.82) is 0 Å². The molecule has 0 aromatic rings. The van der Waals surface area contributed by atoms with E-state index >= 15 is 0 Å². The lowest BCUT2D eigenvalue weighted by atomic mass is 9.72. The molecular weight excluding hydrogens is 712 g/mol. The van der Waals surface area contributed by atoms with Crippen molar-refractivity contribution in [3.63, 3.8) is 0 Å². The molecule has 0 radical (unpaired) electrons. The van der Waals surface area contributed by atoms with Gasteiger partial charge in [0.2, 0.25) is 0 Å². The van der Waals surface area contributed by atoms with Crippen molar-refractivity contribution >= 4 is 17.5 Å². The number of aliphatic hydroxyl groups excluding tert-OH is 3. The van der Waals surface area contributed by atoms with Crippen molar-refractivity contribution in [2.24, 2.45) is 53.3 Å². The minimum absolute atomic E-state index is 0.0549. The van der Waals surface area contributed by atoms with Crippen LogP contribution in [0.5, 0.6) is 0 Å². The number of hydrogen-bond acceptors (Lipinski definition) is 10. The second kappa shape index (κ2) is 21.2. The van der Waals surface area contributed by atoms with Crippen molar-refractivity contribution in [1.82, 2.24) is 0 Å². The third kappa shape index (κ3) is 11.7. The maximum atomic E-state index is 13.6. The zero-order chi connectivity index (χ0) is 42.1. The minimum Gasteiger partial charge on any atom is -0.458 e. The van der Waals surface area contributed by atoms with E-state index in [9.17, 15) is 34.8 Å². The zero-order valence-corrected chi connectivity index (χ0v) is 36.2. The fourth-order valence-corrected chi connectivity index (χ4v) is 9.38. The van der Waals surface area contributed by atoms with Crippen LogP contribution >= 0.6 is 0 Å². The van der Waals surface area contributed by atoms with Crippen LogP contribution in [0, 0.1) is 53.3 Å². The van der Waals surface area contributed by atoms with Gasteiger partial charge in [0.15, 0.2) is 11.6 Å². The molecule has 0 aromatic carbocycles. The van der Waals surface area contributed by atoms with Crippen LogP contribution in [0.25, 0.3) is 0 Å². The van der Waals surface area contributed by atoms with Crippen LogP contribution in [-0.2, 0) is 28.6 Å². The van der Waals surface area contributed by atoms with Crippen LogP contribution < -0.4 is 0 Å². The summed E-state index contributed by atoms with van der Waals surface area (Å²) in [5.74, 6) is -6.59. The van der Waals surface area contributed by atoms with Crippen LogP contribution in [0.2, 0.25) is 0 Å². The molecule has 3 heterocycles. The Labute approximate surface area is 337 Å². The molecule has 3 aliphatic rings. The van der Waals surface area contributed by atoms with Gasteiger partial charge in [-0.15, -0.1) is 0 Å². The summed E-state index contributed by atoms with van der Waals surface area (Å²) in [4.78, 5) is 40.9. The highest BCUT2D eigenvalue weighted by Crippen LogP contribution is 2.49. The average molecular weight is 789 g/mol. The number of carbonyl (C=O) groups excluding carboxylic acids is 3. The third-order valence-corrected chi connectivity index (χ3v) is 13.8. The summed E-state index contributed by atoms with van der Waals surface area (Å²) >= 11 is 0. The lowest BCUT2D eigenvalue weighted by molar-refractivity contribution is -0.368. The molecule has 0 aliphatic carbocycles. The molecule has 320 valence electrons. The quantitative estimate of drug-likeness (QED) is 0.213. The van der Waals surface area contributed by atoms with Gasteiger partial charge >= 0.3 is 5.97 Å². The number of rotatable bonds is 4. The maximum absolute atomic E-state index is 13.6. The number of carbonyl (C=O) groups is 3. The van der Waals surface area contributed by atoms with E-state index in [2.05, 4.69) is 32.9 Å². The number of hydrogen-bond donors (Lipinski definition) is 4. The first-order chi connectivity index (χ1) is 26.2. The SMILES string of the molecule is CC[C@@H]1/C=C/C=C/C[C@H](C)[C@@H](C)[C@](C)(O)C(=O)[C@H](C)[C@@H](O)[C@H](C)C(=O)[C@H](C)[C@@H](O)[C@H](C)/C=C/C(=O)OC2[C@@H](C)C(CC1)O[C@@]1(CCC[C@@H](C[C@H](C)O)O1)[C@@H]2CC. The van der Waals surface area contributed by atoms with E-state index in [0.717, 1.165) is 32.1 Å². The highest BCUT2D eigenvalue weighted by Gasteiger charge is 2.56. The lowest BCUT2D eigenvalue weighted by Gasteiger charge is -2.55. The molecule has 17 atom stereocenters. The molecule has 0 amide bonds. The molecule has 2 saturated heterocycles. The van der Waals surface area contributed by atoms with Gasteiger partial charge in [-0.3, -0.25) is 9.59 Å². The largest absolute Gasteiger partial charge is 0.458 e. The second-order valence-electron chi connectivity index (χ2n) is 18.0. The Morgan fingerprint density at radius 1 is 0.857 bits per heavy atom. The molecule has 4 N–H and O–H groups in total. The molecule has 10 nitrogen and oxygen atoms in total. The Morgan fingerprint density at radius 3 is 2.14 bits per heavy atom. The normalized spacial score (nSPS) is 45.4. The molecule has 2 bridgehead atoms. The van der Waals surface area contributed by atoms with Crippen LogP contribution in [0.15, 0.2) is 36.5 Å². The van der Waals surface area contributed by atoms with Gasteiger partial charge in [0.1, 0.15) is 17.5 Å². The first kappa shape index (κ1) is 48.2. The van der Waals surface area contributed by atoms with Gasteiger partial charge in [0, 0.05) is 42.1 Å². The molecule has 0 aromatic heterocycles. The van der Waals surface area contributed by atoms with E-state index in [1.54, 1.807) is 26.8 Å². The monoisotopic (exact) mass is 789 g/mol. The summed E-state index contributed by atoms with van der Waals surface area (Å²) in [6.07, 6.45) is 13.8. The maximum Gasteiger partial charge on any atom is 0.330 e. The van der Waals surface area contributed by atoms with E-state index in [1.165, 1.54) is 26.8 Å². The second-order valence-corrected chi connectivity index (χ2v) is 18.0. The van der Waals surface area contributed by atoms with Gasteiger partial charge in [-0.2, -0.15) is 0 Å². The zero-order valence-electron chi connectivity index (χ0n) is 36.2. The topological polar surface area (TPSA) is 160 Å². The van der Waals surface area contributed by atoms with E-state index in [1.807, 2.05) is 26.0 Å². The molecule has 56 heavy (non-hydrogen) atoms. The average Bonchev–Trinajstić information content (AvgIpc) is 3.16. The Kier molecular flexibility index (Phi) is 18.2. The fraction of sp³-hybridized carbons (Fsp3) is 0.804. The van der Waals surface area contributed by atoms with E-state index in [4.69, 9.17) is 14.2 Å². The Hall–Kier alpha value is -2.21. The lowest BCUT2D eigenvalue weighted by Crippen LogP contribution is -2.62. The number of fused-ring (bicyclic) bond motifs is 2. The summed E-state index contributed by atoms with van der Waals surface area (Å²) in [5, 5.41) is 44.3. The van der Waals surface area contributed by atoms with Crippen molar-refractivity contribution in [2.45, 2.75) is 182 Å². The molecule has 1 spiro atoms. The van der Waals surface area contributed by atoms with Gasteiger partial charge in [-0.25, -0.2) is 4.79 Å². The van der Waals surface area contributed by atoms with Gasteiger partial charge in [-0.05, 0) is 83.0 Å². The van der Waals surface area contributed by atoms with E-state index in [-0.39, 0.29) is 35.9 Å². The van der Waals surface area contributed by atoms with Crippen molar-refractivity contribution in [3.05, 3.63) is 36.5 Å². The van der Waals surface area contributed by atoms with Crippen LogP contribution in [0.1, 0.15) is 134 Å². The first-order valence-electron chi connectivity index (χ1n) is 21.6. The van der Waals surface area contributed by atoms with Crippen molar-refractivity contribution in [3.8, 4) is 0 Å². The van der Waals surface area contributed by atoms with E-state index < -0.39 is 82.9 Å². The molecule has 3 aliphatic heterocycles. The molecular formula is C46H76O10. The van der Waals surface area contributed by atoms with Crippen LogP contribution in [-0.4, -0.2) is 86.0 Å². The third-order valence-electron chi connectivity index (χ3n) is 13.8. The molecule has 0 saturated carbocycles. The van der Waals surface area contributed by atoms with Gasteiger partial charge in [0.05, 0.1) is 36.4 Å². The number of aliphatic hydroxyl groups is 4. The Morgan fingerprint density at radius 2 is 1.52 bits per heavy atom. The van der Waals surface area contributed by atoms with Crippen LogP contribution in [0.3, 0.4) is 0 Å². The predicted molar refractivity (Wildman–Crippen MR) is 218 cm³/mol. The summed E-state index contributed by atoms with van der Waals surface area (Å²) in [6, 6.07) is 0. The summed E-state index contributed by atoms with van der Waals surface area (Å²) in [6.45, 7) is 19.7. The summed E-state index contributed by atoms with van der Waals surface area (Å²) in [5.41, 5.74) is -1.74.